The molecule has 1 aromatic rings. The molecule has 2 rings (SSSR count). The van der Waals surface area contributed by atoms with Gasteiger partial charge >= 0.3 is 0 Å². The van der Waals surface area contributed by atoms with Gasteiger partial charge in [0.05, 0.1) is 0 Å². The molecule has 1 aliphatic heterocycles. The number of benzene rings is 1. The Labute approximate surface area is 94.5 Å². The highest BCUT2D eigenvalue weighted by Crippen LogP contribution is 2.35. The molecule has 0 bridgehead atoms. The Morgan fingerprint density at radius 1 is 1.47 bits per heavy atom. The van der Waals surface area contributed by atoms with Crippen LogP contribution < -0.4 is 5.32 Å². The van der Waals surface area contributed by atoms with E-state index in [0.29, 0.717) is 11.3 Å². The van der Waals surface area contributed by atoms with Crippen LogP contribution in [0.5, 0.6) is 0 Å². The van der Waals surface area contributed by atoms with Gasteiger partial charge in [-0.3, -0.25) is 0 Å². The maximum absolute atomic E-state index is 13.6. The molecule has 0 saturated heterocycles. The summed E-state index contributed by atoms with van der Waals surface area (Å²) >= 11 is 1.83. The standard InChI is InChI=1S/C12H16FNS/c1-8-6-12(14-2)9-4-3-5-11(13)10(9)7-15-8/h3-5,8,12,14H,6-7H2,1-2H3. The lowest BCUT2D eigenvalue weighted by Gasteiger charge is -2.18. The van der Waals surface area contributed by atoms with Gasteiger partial charge in [-0.15, -0.1) is 0 Å². The molecule has 0 amide bonds. The number of nitrogens with one attached hydrogen (secondary N) is 1. The molecule has 0 fully saturated rings. The van der Waals surface area contributed by atoms with Crippen molar-refractivity contribution in [3.63, 3.8) is 0 Å². The normalized spacial score (nSPS) is 25.8. The van der Waals surface area contributed by atoms with Crippen molar-refractivity contribution in [2.24, 2.45) is 0 Å². The van der Waals surface area contributed by atoms with Crippen LogP contribution in [0.3, 0.4) is 0 Å². The van der Waals surface area contributed by atoms with E-state index in [1.807, 2.05) is 24.9 Å². The molecule has 0 aromatic heterocycles. The van der Waals surface area contributed by atoms with Gasteiger partial charge in [-0.05, 0) is 25.1 Å². The first kappa shape index (κ1) is 11.0. The summed E-state index contributed by atoms with van der Waals surface area (Å²) in [6.07, 6.45) is 1.07. The molecule has 1 nitrogen and oxygen atoms in total. The number of thioether (sulfide) groups is 1. The number of fused-ring (bicyclic) bond motifs is 1. The van der Waals surface area contributed by atoms with Crippen molar-refractivity contribution < 1.29 is 4.39 Å². The SMILES string of the molecule is CNC1CC(C)SCc2c(F)cccc21. The Kier molecular flexibility index (Phi) is 3.32. The zero-order valence-corrected chi connectivity index (χ0v) is 9.90. The van der Waals surface area contributed by atoms with Gasteiger partial charge in [0.15, 0.2) is 0 Å². The summed E-state index contributed by atoms with van der Waals surface area (Å²) in [6.45, 7) is 2.21. The second kappa shape index (κ2) is 4.54. The Bertz CT molecular complexity index is 353. The van der Waals surface area contributed by atoms with E-state index in [0.717, 1.165) is 23.3 Å². The third-order valence-corrected chi connectivity index (χ3v) is 4.18. The van der Waals surface area contributed by atoms with E-state index < -0.39 is 0 Å². The number of rotatable bonds is 1. The molecule has 15 heavy (non-hydrogen) atoms. The van der Waals surface area contributed by atoms with Crippen molar-refractivity contribution in [1.29, 1.82) is 0 Å². The van der Waals surface area contributed by atoms with E-state index in [-0.39, 0.29) is 5.82 Å². The third-order valence-electron chi connectivity index (χ3n) is 2.96. The highest BCUT2D eigenvalue weighted by atomic mass is 32.2. The predicted molar refractivity (Wildman–Crippen MR) is 63.6 cm³/mol. The fraction of sp³-hybridized carbons (Fsp3) is 0.500. The fourth-order valence-corrected chi connectivity index (χ4v) is 3.16. The minimum absolute atomic E-state index is 0.0608. The second-order valence-electron chi connectivity index (χ2n) is 4.01. The molecular weight excluding hydrogens is 209 g/mol. The lowest BCUT2D eigenvalue weighted by atomic mass is 9.97. The van der Waals surface area contributed by atoms with Crippen molar-refractivity contribution in [3.05, 3.63) is 35.1 Å². The molecule has 3 heteroatoms. The van der Waals surface area contributed by atoms with Gasteiger partial charge in [0.25, 0.3) is 0 Å². The number of halogens is 1. The summed E-state index contributed by atoms with van der Waals surface area (Å²) in [5, 5.41) is 3.86. The van der Waals surface area contributed by atoms with E-state index in [9.17, 15) is 4.39 Å². The van der Waals surface area contributed by atoms with Crippen molar-refractivity contribution >= 4 is 11.8 Å². The summed E-state index contributed by atoms with van der Waals surface area (Å²) in [4.78, 5) is 0. The van der Waals surface area contributed by atoms with E-state index in [1.165, 1.54) is 0 Å². The van der Waals surface area contributed by atoms with E-state index in [1.54, 1.807) is 12.1 Å². The zero-order valence-electron chi connectivity index (χ0n) is 9.09. The van der Waals surface area contributed by atoms with Crippen LogP contribution in [-0.2, 0) is 5.75 Å². The topological polar surface area (TPSA) is 12.0 Å². The van der Waals surface area contributed by atoms with Gasteiger partial charge in [-0.1, -0.05) is 19.1 Å². The Balaban J connectivity index is 2.42. The van der Waals surface area contributed by atoms with Crippen molar-refractivity contribution in [1.82, 2.24) is 5.32 Å². The molecule has 1 heterocycles. The van der Waals surface area contributed by atoms with Crippen LogP contribution in [-0.4, -0.2) is 12.3 Å². The Hall–Kier alpha value is -0.540. The third kappa shape index (κ3) is 2.18. The average Bonchev–Trinajstić information content (AvgIpc) is 2.39. The molecule has 0 aliphatic carbocycles. The molecule has 2 unspecified atom stereocenters. The maximum Gasteiger partial charge on any atom is 0.127 e. The zero-order chi connectivity index (χ0) is 10.8. The van der Waals surface area contributed by atoms with Crippen LogP contribution in [0, 0.1) is 5.82 Å². The van der Waals surface area contributed by atoms with Crippen LogP contribution >= 0.6 is 11.8 Å². The first-order valence-electron chi connectivity index (χ1n) is 5.28. The molecular formula is C12H16FNS. The summed E-state index contributed by atoms with van der Waals surface area (Å²) in [5.41, 5.74) is 2.01. The molecule has 82 valence electrons. The molecule has 0 spiro atoms. The first-order chi connectivity index (χ1) is 7.22. The highest BCUT2D eigenvalue weighted by Gasteiger charge is 2.23. The van der Waals surface area contributed by atoms with Gasteiger partial charge in [-0.2, -0.15) is 11.8 Å². The lowest BCUT2D eigenvalue weighted by molar-refractivity contribution is 0.541. The van der Waals surface area contributed by atoms with Gasteiger partial charge in [-0.25, -0.2) is 4.39 Å². The molecule has 1 aliphatic rings. The van der Waals surface area contributed by atoms with Crippen LogP contribution in [0.25, 0.3) is 0 Å². The van der Waals surface area contributed by atoms with E-state index in [2.05, 4.69) is 12.2 Å². The molecule has 0 saturated carbocycles. The number of hydrogen-bond donors (Lipinski definition) is 1. The monoisotopic (exact) mass is 225 g/mol. The van der Waals surface area contributed by atoms with Crippen molar-refractivity contribution in [2.75, 3.05) is 7.05 Å². The van der Waals surface area contributed by atoms with Crippen LogP contribution in [0.15, 0.2) is 18.2 Å². The van der Waals surface area contributed by atoms with Crippen LogP contribution in [0.2, 0.25) is 0 Å². The minimum atomic E-state index is -0.0608. The van der Waals surface area contributed by atoms with Crippen LogP contribution in [0.4, 0.5) is 4.39 Å². The summed E-state index contributed by atoms with van der Waals surface area (Å²) in [5.74, 6) is 0.732. The molecule has 1 N–H and O–H groups in total. The lowest BCUT2D eigenvalue weighted by Crippen LogP contribution is -2.19. The largest absolute Gasteiger partial charge is 0.313 e. The van der Waals surface area contributed by atoms with Gasteiger partial charge in [0.2, 0.25) is 0 Å². The van der Waals surface area contributed by atoms with Gasteiger partial charge in [0.1, 0.15) is 5.82 Å². The molecule has 2 atom stereocenters. The van der Waals surface area contributed by atoms with Crippen molar-refractivity contribution in [3.8, 4) is 0 Å². The summed E-state index contributed by atoms with van der Waals surface area (Å²) < 4.78 is 13.6. The van der Waals surface area contributed by atoms with E-state index >= 15 is 0 Å². The van der Waals surface area contributed by atoms with E-state index in [4.69, 9.17) is 0 Å². The second-order valence-corrected chi connectivity index (χ2v) is 5.43. The average molecular weight is 225 g/mol. The first-order valence-corrected chi connectivity index (χ1v) is 6.33. The molecule has 1 aromatic carbocycles. The smallest absolute Gasteiger partial charge is 0.127 e. The predicted octanol–water partition coefficient (Wildman–Crippen LogP) is 3.11. The Morgan fingerprint density at radius 3 is 3.00 bits per heavy atom. The number of hydrogen-bond acceptors (Lipinski definition) is 2. The van der Waals surface area contributed by atoms with Gasteiger partial charge < -0.3 is 5.32 Å². The van der Waals surface area contributed by atoms with Crippen molar-refractivity contribution in [2.45, 2.75) is 30.4 Å². The fourth-order valence-electron chi connectivity index (χ4n) is 2.08. The molecule has 0 radical (unpaired) electrons. The quantitative estimate of drug-likeness (QED) is 0.788. The van der Waals surface area contributed by atoms with Gasteiger partial charge in [0, 0.05) is 22.6 Å². The minimum Gasteiger partial charge on any atom is -0.313 e. The summed E-state index contributed by atoms with van der Waals surface area (Å²) in [6, 6.07) is 5.69. The Morgan fingerprint density at radius 2 is 2.27 bits per heavy atom. The maximum atomic E-state index is 13.6. The summed E-state index contributed by atoms with van der Waals surface area (Å²) in [7, 11) is 1.95. The van der Waals surface area contributed by atoms with Crippen LogP contribution in [0.1, 0.15) is 30.5 Å². The highest BCUT2D eigenvalue weighted by molar-refractivity contribution is 7.99.